The van der Waals surface area contributed by atoms with Crippen LogP contribution < -0.4 is 0 Å². The number of nitrogens with zero attached hydrogens (tertiary/aromatic N) is 6. The molecule has 2 aromatic heterocycles. The van der Waals surface area contributed by atoms with Crippen LogP contribution in [0.4, 0.5) is 0 Å². The van der Waals surface area contributed by atoms with Gasteiger partial charge in [-0.3, -0.25) is 14.6 Å². The summed E-state index contributed by atoms with van der Waals surface area (Å²) in [5.41, 5.74) is 2.66. The van der Waals surface area contributed by atoms with E-state index in [9.17, 15) is 8.42 Å². The molecule has 2 aromatic rings. The molecule has 0 aromatic carbocycles. The Hall–Kier alpha value is -1.84. The summed E-state index contributed by atoms with van der Waals surface area (Å²) in [5, 5.41) is 4.38. The van der Waals surface area contributed by atoms with Crippen molar-refractivity contribution in [2.75, 3.05) is 27.2 Å². The largest absolute Gasteiger partial charge is 0.281 e. The fourth-order valence-electron chi connectivity index (χ4n) is 3.32. The molecular formula is C17H26N6O2S. The van der Waals surface area contributed by atoms with Crippen LogP contribution >= 0.6 is 0 Å². The van der Waals surface area contributed by atoms with Gasteiger partial charge < -0.3 is 0 Å². The van der Waals surface area contributed by atoms with Gasteiger partial charge in [-0.25, -0.2) is 0 Å². The van der Waals surface area contributed by atoms with E-state index in [1.54, 1.807) is 37.0 Å². The summed E-state index contributed by atoms with van der Waals surface area (Å²) in [5.74, 6) is 0.232. The lowest BCUT2D eigenvalue weighted by Crippen LogP contribution is -2.38. The average Bonchev–Trinajstić information content (AvgIpc) is 3.24. The third-order valence-corrected chi connectivity index (χ3v) is 6.60. The number of aromatic nitrogens is 4. The minimum absolute atomic E-state index is 0.224. The third-order valence-electron chi connectivity index (χ3n) is 4.69. The zero-order chi connectivity index (χ0) is 18.9. The number of rotatable bonds is 6. The highest BCUT2D eigenvalue weighted by molar-refractivity contribution is 7.86. The lowest BCUT2D eigenvalue weighted by Gasteiger charge is -2.21. The molecule has 1 atom stereocenters. The van der Waals surface area contributed by atoms with Crippen molar-refractivity contribution in [1.82, 2.24) is 28.4 Å². The zero-order valence-electron chi connectivity index (χ0n) is 15.7. The number of hydrogen-bond donors (Lipinski definition) is 0. The van der Waals surface area contributed by atoms with Crippen LogP contribution in [0, 0.1) is 5.92 Å². The molecule has 0 bridgehead atoms. The first kappa shape index (κ1) is 18.9. The SMILES string of the molecule is CC(C)n1nccc1-c1nccnc1CC1CCN(S(=O)(=O)N(C)C)C1. The van der Waals surface area contributed by atoms with Crippen molar-refractivity contribution in [2.45, 2.75) is 32.7 Å². The van der Waals surface area contributed by atoms with E-state index in [0.29, 0.717) is 19.5 Å². The summed E-state index contributed by atoms with van der Waals surface area (Å²) in [4.78, 5) is 9.08. The maximum Gasteiger partial charge on any atom is 0.281 e. The van der Waals surface area contributed by atoms with Crippen LogP contribution in [0.5, 0.6) is 0 Å². The van der Waals surface area contributed by atoms with Crippen molar-refractivity contribution in [2.24, 2.45) is 5.92 Å². The van der Waals surface area contributed by atoms with Gasteiger partial charge in [0.25, 0.3) is 10.2 Å². The summed E-state index contributed by atoms with van der Waals surface area (Å²) < 4.78 is 29.4. The highest BCUT2D eigenvalue weighted by atomic mass is 32.2. The van der Waals surface area contributed by atoms with E-state index in [2.05, 4.69) is 28.9 Å². The topological polar surface area (TPSA) is 84.2 Å². The van der Waals surface area contributed by atoms with E-state index in [1.807, 2.05) is 10.7 Å². The molecule has 1 aliphatic rings. The first-order chi connectivity index (χ1) is 12.3. The quantitative estimate of drug-likeness (QED) is 0.762. The van der Waals surface area contributed by atoms with Gasteiger partial charge in [-0.2, -0.15) is 22.1 Å². The average molecular weight is 379 g/mol. The molecule has 0 spiro atoms. The summed E-state index contributed by atoms with van der Waals surface area (Å²) in [6.07, 6.45) is 6.68. The van der Waals surface area contributed by atoms with E-state index >= 15 is 0 Å². The highest BCUT2D eigenvalue weighted by Crippen LogP contribution is 2.28. The van der Waals surface area contributed by atoms with E-state index in [1.165, 1.54) is 4.31 Å². The lowest BCUT2D eigenvalue weighted by molar-refractivity contribution is 0.409. The van der Waals surface area contributed by atoms with Gasteiger partial charge in [0.05, 0.1) is 11.4 Å². The monoisotopic (exact) mass is 378 g/mol. The Morgan fingerprint density at radius 3 is 2.65 bits per heavy atom. The lowest BCUT2D eigenvalue weighted by atomic mass is 10.0. The van der Waals surface area contributed by atoms with Crippen LogP contribution in [-0.2, 0) is 16.6 Å². The molecule has 3 heterocycles. The Bertz CT molecular complexity index is 862. The van der Waals surface area contributed by atoms with Gasteiger partial charge in [0.1, 0.15) is 5.69 Å². The Kier molecular flexibility index (Phi) is 5.40. The van der Waals surface area contributed by atoms with Crippen LogP contribution in [0.15, 0.2) is 24.7 Å². The van der Waals surface area contributed by atoms with Crippen molar-refractivity contribution in [3.63, 3.8) is 0 Å². The summed E-state index contributed by atoms with van der Waals surface area (Å²) >= 11 is 0. The molecule has 0 amide bonds. The van der Waals surface area contributed by atoms with E-state index in [4.69, 9.17) is 0 Å². The molecule has 1 aliphatic heterocycles. The molecule has 142 valence electrons. The fraction of sp³-hybridized carbons (Fsp3) is 0.588. The summed E-state index contributed by atoms with van der Waals surface area (Å²) in [6.45, 7) is 5.21. The first-order valence-electron chi connectivity index (χ1n) is 8.82. The minimum atomic E-state index is -3.36. The summed E-state index contributed by atoms with van der Waals surface area (Å²) in [6, 6.07) is 2.17. The Morgan fingerprint density at radius 2 is 1.96 bits per heavy atom. The molecule has 0 saturated carbocycles. The third kappa shape index (κ3) is 3.65. The molecule has 9 heteroatoms. The smallest absolute Gasteiger partial charge is 0.261 e. The van der Waals surface area contributed by atoms with Crippen LogP contribution in [0.1, 0.15) is 32.0 Å². The van der Waals surface area contributed by atoms with Gasteiger partial charge >= 0.3 is 0 Å². The molecule has 1 saturated heterocycles. The highest BCUT2D eigenvalue weighted by Gasteiger charge is 2.33. The Morgan fingerprint density at radius 1 is 1.23 bits per heavy atom. The first-order valence-corrected chi connectivity index (χ1v) is 10.2. The van der Waals surface area contributed by atoms with Crippen LogP contribution in [0.3, 0.4) is 0 Å². The van der Waals surface area contributed by atoms with Crippen molar-refractivity contribution in [1.29, 1.82) is 0 Å². The second-order valence-corrected chi connectivity index (χ2v) is 9.26. The normalized spacial score (nSPS) is 18.9. The maximum absolute atomic E-state index is 12.3. The second-order valence-electron chi connectivity index (χ2n) is 7.11. The molecule has 0 radical (unpaired) electrons. The van der Waals surface area contributed by atoms with Crippen LogP contribution in [0.25, 0.3) is 11.4 Å². The second kappa shape index (κ2) is 7.42. The van der Waals surface area contributed by atoms with Gasteiger partial charge in [0, 0.05) is 51.8 Å². The molecule has 0 aliphatic carbocycles. The van der Waals surface area contributed by atoms with Crippen molar-refractivity contribution in [3.05, 3.63) is 30.4 Å². The van der Waals surface area contributed by atoms with E-state index in [0.717, 1.165) is 23.5 Å². The van der Waals surface area contributed by atoms with Gasteiger partial charge in [-0.15, -0.1) is 0 Å². The number of hydrogen-bond acceptors (Lipinski definition) is 5. The predicted octanol–water partition coefficient (Wildman–Crippen LogP) is 1.59. The van der Waals surface area contributed by atoms with Gasteiger partial charge in [0.2, 0.25) is 0 Å². The molecule has 8 nitrogen and oxygen atoms in total. The van der Waals surface area contributed by atoms with Crippen LogP contribution in [0.2, 0.25) is 0 Å². The van der Waals surface area contributed by atoms with E-state index < -0.39 is 10.2 Å². The molecule has 26 heavy (non-hydrogen) atoms. The fourth-order valence-corrected chi connectivity index (χ4v) is 4.52. The molecular weight excluding hydrogens is 352 g/mol. The van der Waals surface area contributed by atoms with Crippen molar-refractivity contribution < 1.29 is 8.42 Å². The van der Waals surface area contributed by atoms with Gasteiger partial charge in [0.15, 0.2) is 0 Å². The molecule has 3 rings (SSSR count). The summed E-state index contributed by atoms with van der Waals surface area (Å²) in [7, 11) is -0.225. The zero-order valence-corrected chi connectivity index (χ0v) is 16.5. The van der Waals surface area contributed by atoms with Crippen molar-refractivity contribution >= 4 is 10.2 Å². The molecule has 0 N–H and O–H groups in total. The Balaban J connectivity index is 1.81. The molecule has 1 unspecified atom stereocenters. The van der Waals surface area contributed by atoms with Gasteiger partial charge in [-0.1, -0.05) is 0 Å². The Labute approximate surface area is 155 Å². The maximum atomic E-state index is 12.3. The van der Waals surface area contributed by atoms with Crippen LogP contribution in [-0.4, -0.2) is 64.0 Å². The van der Waals surface area contributed by atoms with Gasteiger partial charge in [-0.05, 0) is 38.7 Å². The molecule has 1 fully saturated rings. The predicted molar refractivity (Wildman–Crippen MR) is 99.6 cm³/mol. The standard InChI is InChI=1S/C17H26N6O2S/c1-13(2)23-16(5-7-20-23)17-15(18-8-9-19-17)11-14-6-10-22(12-14)26(24,25)21(3)4/h5,7-9,13-14H,6,10-12H2,1-4H3. The minimum Gasteiger partial charge on any atom is -0.261 e. The van der Waals surface area contributed by atoms with Crippen molar-refractivity contribution in [3.8, 4) is 11.4 Å². The van der Waals surface area contributed by atoms with E-state index in [-0.39, 0.29) is 12.0 Å².